The normalized spacial score (nSPS) is 13.7. The van der Waals surface area contributed by atoms with Crippen LogP contribution in [0.3, 0.4) is 0 Å². The standard InChI is InChI=1S/C17H20N4O4.ClH/c1-3-8-20-15(23)16(24)21(17(20)25)11-14(22)19-13-7-5-6-12(9-13)10-18-4-2;/h3,5-7,9,18H,1,4,8,10-11H2,2H3,(H,19,22);1H. The van der Waals surface area contributed by atoms with E-state index in [1.807, 2.05) is 13.0 Å². The molecule has 1 aliphatic heterocycles. The molecule has 0 spiro atoms. The van der Waals surface area contributed by atoms with E-state index in [9.17, 15) is 19.2 Å². The third-order valence-corrected chi connectivity index (χ3v) is 3.54. The first-order valence-corrected chi connectivity index (χ1v) is 7.85. The Balaban J connectivity index is 0.00000338. The highest BCUT2D eigenvalue weighted by molar-refractivity contribution is 6.45. The Morgan fingerprint density at radius 3 is 2.54 bits per heavy atom. The van der Waals surface area contributed by atoms with Gasteiger partial charge in [-0.2, -0.15) is 0 Å². The molecule has 0 atom stereocenters. The van der Waals surface area contributed by atoms with Gasteiger partial charge in [0.1, 0.15) is 6.54 Å². The fourth-order valence-electron chi connectivity index (χ4n) is 2.35. The maximum absolute atomic E-state index is 12.1. The molecule has 0 bridgehead atoms. The summed E-state index contributed by atoms with van der Waals surface area (Å²) in [4.78, 5) is 49.1. The van der Waals surface area contributed by atoms with E-state index in [0.29, 0.717) is 17.1 Å². The van der Waals surface area contributed by atoms with E-state index in [1.54, 1.807) is 18.2 Å². The van der Waals surface area contributed by atoms with Gasteiger partial charge in [0.05, 0.1) is 0 Å². The van der Waals surface area contributed by atoms with Crippen molar-refractivity contribution >= 4 is 41.8 Å². The lowest BCUT2D eigenvalue weighted by molar-refractivity contribution is -0.143. The fourth-order valence-corrected chi connectivity index (χ4v) is 2.35. The molecule has 1 aromatic carbocycles. The first kappa shape index (κ1) is 21.3. The van der Waals surface area contributed by atoms with Crippen LogP contribution in [0.15, 0.2) is 36.9 Å². The van der Waals surface area contributed by atoms with Crippen molar-refractivity contribution in [3.63, 3.8) is 0 Å². The van der Waals surface area contributed by atoms with Crippen LogP contribution in [0, 0.1) is 0 Å². The van der Waals surface area contributed by atoms with Gasteiger partial charge < -0.3 is 10.6 Å². The topological polar surface area (TPSA) is 98.8 Å². The second kappa shape index (κ2) is 9.69. The molecule has 9 heteroatoms. The van der Waals surface area contributed by atoms with E-state index in [4.69, 9.17) is 0 Å². The Morgan fingerprint density at radius 2 is 1.88 bits per heavy atom. The van der Waals surface area contributed by atoms with Crippen LogP contribution in [0.4, 0.5) is 10.5 Å². The molecular weight excluding hydrogens is 360 g/mol. The number of benzene rings is 1. The predicted molar refractivity (Wildman–Crippen MR) is 98.7 cm³/mol. The molecular formula is C17H21ClN4O4. The number of nitrogens with zero attached hydrogens (tertiary/aromatic N) is 2. The first-order valence-electron chi connectivity index (χ1n) is 7.85. The molecule has 0 radical (unpaired) electrons. The number of hydrogen-bond donors (Lipinski definition) is 2. The molecule has 2 rings (SSSR count). The van der Waals surface area contributed by atoms with Crippen molar-refractivity contribution in [1.82, 2.24) is 15.1 Å². The average Bonchev–Trinajstić information content (AvgIpc) is 2.78. The Bertz CT molecular complexity index is 722. The summed E-state index contributed by atoms with van der Waals surface area (Å²) in [5.74, 6) is -2.52. The van der Waals surface area contributed by atoms with Crippen LogP contribution in [-0.4, -0.2) is 53.2 Å². The zero-order chi connectivity index (χ0) is 18.4. The molecule has 1 aliphatic rings. The number of urea groups is 1. The molecule has 5 amide bonds. The number of halogens is 1. The van der Waals surface area contributed by atoms with Gasteiger partial charge in [-0.05, 0) is 24.2 Å². The lowest BCUT2D eigenvalue weighted by Crippen LogP contribution is -2.39. The largest absolute Gasteiger partial charge is 0.335 e. The van der Waals surface area contributed by atoms with E-state index >= 15 is 0 Å². The van der Waals surface area contributed by atoms with Crippen LogP contribution in [0.2, 0.25) is 0 Å². The number of anilines is 1. The third kappa shape index (κ3) is 4.90. The number of carbonyl (C=O) groups is 4. The molecule has 1 aromatic rings. The number of hydrogen-bond acceptors (Lipinski definition) is 5. The quantitative estimate of drug-likeness (QED) is 0.400. The molecule has 1 heterocycles. The second-order valence-corrected chi connectivity index (χ2v) is 5.41. The lowest BCUT2D eigenvalue weighted by atomic mass is 10.2. The van der Waals surface area contributed by atoms with Gasteiger partial charge in [0.25, 0.3) is 0 Å². The molecule has 0 aliphatic carbocycles. The van der Waals surface area contributed by atoms with Gasteiger partial charge in [-0.25, -0.2) is 9.69 Å². The average molecular weight is 381 g/mol. The van der Waals surface area contributed by atoms with Crippen molar-refractivity contribution in [2.75, 3.05) is 25.0 Å². The van der Waals surface area contributed by atoms with Crippen LogP contribution >= 0.6 is 12.4 Å². The highest BCUT2D eigenvalue weighted by Crippen LogP contribution is 2.14. The van der Waals surface area contributed by atoms with E-state index in [1.165, 1.54) is 6.08 Å². The SMILES string of the molecule is C=CCN1C(=O)C(=O)N(CC(=O)Nc2cccc(CNCC)c2)C1=O.Cl. The summed E-state index contributed by atoms with van der Waals surface area (Å²) in [6.07, 6.45) is 1.34. The highest BCUT2D eigenvalue weighted by atomic mass is 35.5. The van der Waals surface area contributed by atoms with Crippen LogP contribution in [-0.2, 0) is 20.9 Å². The molecule has 8 nitrogen and oxygen atoms in total. The fraction of sp³-hybridized carbons (Fsp3) is 0.294. The smallest absolute Gasteiger partial charge is 0.325 e. The third-order valence-electron chi connectivity index (χ3n) is 3.54. The molecule has 140 valence electrons. The summed E-state index contributed by atoms with van der Waals surface area (Å²) in [7, 11) is 0. The monoisotopic (exact) mass is 380 g/mol. The van der Waals surface area contributed by atoms with Gasteiger partial charge in [-0.3, -0.25) is 19.3 Å². The second-order valence-electron chi connectivity index (χ2n) is 5.41. The van der Waals surface area contributed by atoms with Crippen LogP contribution in [0.5, 0.6) is 0 Å². The number of imide groups is 2. The van der Waals surface area contributed by atoms with E-state index in [-0.39, 0.29) is 19.0 Å². The van der Waals surface area contributed by atoms with E-state index in [0.717, 1.165) is 17.0 Å². The van der Waals surface area contributed by atoms with Crippen molar-refractivity contribution in [1.29, 1.82) is 0 Å². The lowest BCUT2D eigenvalue weighted by Gasteiger charge is -2.14. The Morgan fingerprint density at radius 1 is 1.19 bits per heavy atom. The molecule has 2 N–H and O–H groups in total. The summed E-state index contributed by atoms with van der Waals surface area (Å²) >= 11 is 0. The van der Waals surface area contributed by atoms with Crippen molar-refractivity contribution in [2.24, 2.45) is 0 Å². The predicted octanol–water partition coefficient (Wildman–Crippen LogP) is 1.13. The molecule has 1 fully saturated rings. The summed E-state index contributed by atoms with van der Waals surface area (Å²) in [5, 5.41) is 5.80. The summed E-state index contributed by atoms with van der Waals surface area (Å²) in [6, 6.07) is 6.40. The van der Waals surface area contributed by atoms with Crippen molar-refractivity contribution in [3.8, 4) is 0 Å². The molecule has 0 aromatic heterocycles. The Labute approximate surface area is 157 Å². The van der Waals surface area contributed by atoms with E-state index in [2.05, 4.69) is 17.2 Å². The molecule has 0 saturated carbocycles. The zero-order valence-corrected chi connectivity index (χ0v) is 15.2. The first-order chi connectivity index (χ1) is 12.0. The highest BCUT2D eigenvalue weighted by Gasteiger charge is 2.44. The summed E-state index contributed by atoms with van der Waals surface area (Å²) < 4.78 is 0. The van der Waals surface area contributed by atoms with Gasteiger partial charge in [0.15, 0.2) is 0 Å². The zero-order valence-electron chi connectivity index (χ0n) is 14.4. The number of nitrogens with one attached hydrogen (secondary N) is 2. The van der Waals surface area contributed by atoms with Crippen LogP contribution in [0.1, 0.15) is 12.5 Å². The van der Waals surface area contributed by atoms with Crippen LogP contribution < -0.4 is 10.6 Å². The number of rotatable bonds is 8. The number of carbonyl (C=O) groups excluding carboxylic acids is 4. The van der Waals surface area contributed by atoms with Crippen molar-refractivity contribution in [3.05, 3.63) is 42.5 Å². The maximum Gasteiger partial charge on any atom is 0.335 e. The van der Waals surface area contributed by atoms with Crippen molar-refractivity contribution in [2.45, 2.75) is 13.5 Å². The Hall–Kier alpha value is -2.71. The molecule has 0 unspecified atom stereocenters. The minimum Gasteiger partial charge on any atom is -0.325 e. The minimum atomic E-state index is -1.01. The molecule has 1 saturated heterocycles. The van der Waals surface area contributed by atoms with Gasteiger partial charge in [-0.1, -0.05) is 25.1 Å². The van der Waals surface area contributed by atoms with Gasteiger partial charge in [0.2, 0.25) is 5.91 Å². The number of amides is 5. The maximum atomic E-state index is 12.1. The summed E-state index contributed by atoms with van der Waals surface area (Å²) in [5.41, 5.74) is 1.54. The molecule has 26 heavy (non-hydrogen) atoms. The van der Waals surface area contributed by atoms with Gasteiger partial charge >= 0.3 is 17.8 Å². The van der Waals surface area contributed by atoms with Crippen LogP contribution in [0.25, 0.3) is 0 Å². The van der Waals surface area contributed by atoms with Crippen molar-refractivity contribution < 1.29 is 19.2 Å². The van der Waals surface area contributed by atoms with E-state index < -0.39 is 30.3 Å². The van der Waals surface area contributed by atoms with Gasteiger partial charge in [-0.15, -0.1) is 19.0 Å². The summed E-state index contributed by atoms with van der Waals surface area (Å²) in [6.45, 7) is 6.31. The van der Waals surface area contributed by atoms with Gasteiger partial charge in [0, 0.05) is 18.8 Å². The minimum absolute atomic E-state index is 0. The Kier molecular flexibility index (Phi) is 7.95.